The summed E-state index contributed by atoms with van der Waals surface area (Å²) in [7, 11) is 0. The van der Waals surface area contributed by atoms with Gasteiger partial charge >= 0.3 is 0 Å². The number of primary amides is 1. The molecule has 2 amide bonds. The number of hydrogen-bond acceptors (Lipinski definition) is 4. The van der Waals surface area contributed by atoms with Crippen LogP contribution in [0.4, 0.5) is 0 Å². The zero-order chi connectivity index (χ0) is 15.0. The van der Waals surface area contributed by atoms with Crippen molar-refractivity contribution in [2.45, 2.75) is 44.9 Å². The van der Waals surface area contributed by atoms with Crippen LogP contribution in [-0.2, 0) is 9.59 Å². The summed E-state index contributed by atoms with van der Waals surface area (Å²) in [5.74, 6) is -0.0931. The molecular formula is C14H26N4O2. The number of amides is 2. The van der Waals surface area contributed by atoms with Gasteiger partial charge in [0.05, 0.1) is 0 Å². The van der Waals surface area contributed by atoms with E-state index in [0.717, 1.165) is 25.0 Å². The minimum atomic E-state index is -0.331. The minimum absolute atomic E-state index is 0.136. The lowest BCUT2D eigenvalue weighted by Crippen LogP contribution is -2.37. The van der Waals surface area contributed by atoms with Crippen LogP contribution in [0.3, 0.4) is 0 Å². The molecule has 0 aromatic rings. The molecule has 1 aliphatic carbocycles. The normalized spacial score (nSPS) is 22.6. The van der Waals surface area contributed by atoms with Crippen LogP contribution in [0.15, 0.2) is 4.99 Å². The maximum Gasteiger partial charge on any atom is 0.245 e. The molecule has 0 saturated heterocycles. The van der Waals surface area contributed by atoms with Gasteiger partial charge in [-0.2, -0.15) is 0 Å². The molecule has 2 atom stereocenters. The molecule has 1 saturated carbocycles. The number of aliphatic imine (C=N–C) groups is 1. The third-order valence-corrected chi connectivity index (χ3v) is 3.83. The molecule has 2 unspecified atom stereocenters. The molecule has 0 radical (unpaired) electrons. The van der Waals surface area contributed by atoms with Crippen molar-refractivity contribution >= 4 is 17.5 Å². The summed E-state index contributed by atoms with van der Waals surface area (Å²) in [5.41, 5.74) is 17.5. The average Bonchev–Trinajstić information content (AvgIpc) is 2.43. The predicted molar refractivity (Wildman–Crippen MR) is 79.0 cm³/mol. The van der Waals surface area contributed by atoms with E-state index in [1.54, 1.807) is 0 Å². The second-order valence-electron chi connectivity index (χ2n) is 5.40. The molecule has 0 aliphatic heterocycles. The van der Waals surface area contributed by atoms with Crippen molar-refractivity contribution in [1.82, 2.24) is 0 Å². The number of nitrogens with zero attached hydrogens (tertiary/aromatic N) is 1. The minimum Gasteiger partial charge on any atom is -0.370 e. The predicted octanol–water partition coefficient (Wildman–Crippen LogP) is 0.333. The number of hydrogen-bond donors (Lipinski definition) is 3. The second-order valence-corrected chi connectivity index (χ2v) is 5.40. The summed E-state index contributed by atoms with van der Waals surface area (Å²) >= 11 is 0. The molecule has 0 bridgehead atoms. The Labute approximate surface area is 120 Å². The van der Waals surface area contributed by atoms with E-state index in [0.29, 0.717) is 38.8 Å². The first-order valence-corrected chi connectivity index (χ1v) is 7.38. The highest BCUT2D eigenvalue weighted by Gasteiger charge is 2.27. The molecule has 0 aromatic carbocycles. The quantitative estimate of drug-likeness (QED) is 0.582. The van der Waals surface area contributed by atoms with Gasteiger partial charge in [0.25, 0.3) is 0 Å². The second kappa shape index (κ2) is 8.81. The number of carbonyl (C=O) groups excluding carboxylic acids is 2. The number of carbonyl (C=O) groups is 2. The zero-order valence-corrected chi connectivity index (χ0v) is 12.0. The van der Waals surface area contributed by atoms with E-state index in [-0.39, 0.29) is 23.7 Å². The van der Waals surface area contributed by atoms with E-state index in [4.69, 9.17) is 17.2 Å². The molecule has 6 nitrogen and oxygen atoms in total. The van der Waals surface area contributed by atoms with Crippen molar-refractivity contribution in [2.24, 2.45) is 34.0 Å². The Morgan fingerprint density at radius 2 is 1.60 bits per heavy atom. The van der Waals surface area contributed by atoms with Gasteiger partial charge in [-0.05, 0) is 25.7 Å². The first kappa shape index (κ1) is 16.8. The number of unbranched alkanes of at least 4 members (excludes halogenated alkanes) is 1. The lowest BCUT2D eigenvalue weighted by Gasteiger charge is -2.29. The summed E-state index contributed by atoms with van der Waals surface area (Å²) in [6, 6.07) is 0. The van der Waals surface area contributed by atoms with Gasteiger partial charge in [0.1, 0.15) is 0 Å². The summed E-state index contributed by atoms with van der Waals surface area (Å²) in [5, 5.41) is 0. The van der Waals surface area contributed by atoms with E-state index in [2.05, 4.69) is 4.99 Å². The molecule has 20 heavy (non-hydrogen) atoms. The van der Waals surface area contributed by atoms with E-state index in [9.17, 15) is 9.59 Å². The van der Waals surface area contributed by atoms with Crippen LogP contribution in [0.5, 0.6) is 0 Å². The third-order valence-electron chi connectivity index (χ3n) is 3.83. The van der Waals surface area contributed by atoms with E-state index in [1.165, 1.54) is 0 Å². The zero-order valence-electron chi connectivity index (χ0n) is 12.0. The molecule has 114 valence electrons. The molecule has 0 spiro atoms. The first-order valence-electron chi connectivity index (χ1n) is 7.38. The fourth-order valence-corrected chi connectivity index (χ4v) is 2.67. The Balaban J connectivity index is 2.54. The standard InChI is InChI=1S/C14H26N4O2/c15-8-10-4-3-5-11(9-16)14(10)18-13(20)7-2-1-6-12(17)19/h10-11H,1-9,15-16H2,(H2,17,19). The van der Waals surface area contributed by atoms with Gasteiger partial charge in [0.15, 0.2) is 0 Å². The summed E-state index contributed by atoms with van der Waals surface area (Å²) in [6.45, 7) is 1.04. The summed E-state index contributed by atoms with van der Waals surface area (Å²) in [6.07, 6.45) is 5.01. The van der Waals surface area contributed by atoms with E-state index in [1.807, 2.05) is 0 Å². The third kappa shape index (κ3) is 5.38. The Hall–Kier alpha value is -1.27. The van der Waals surface area contributed by atoms with Crippen molar-refractivity contribution in [3.05, 3.63) is 0 Å². The Bertz CT molecular complexity index is 354. The van der Waals surface area contributed by atoms with Crippen LogP contribution >= 0.6 is 0 Å². The van der Waals surface area contributed by atoms with Crippen LogP contribution in [0.1, 0.15) is 44.9 Å². The van der Waals surface area contributed by atoms with E-state index >= 15 is 0 Å². The monoisotopic (exact) mass is 282 g/mol. The molecule has 0 heterocycles. The summed E-state index contributed by atoms with van der Waals surface area (Å²) < 4.78 is 0. The lowest BCUT2D eigenvalue weighted by molar-refractivity contribution is -0.119. The van der Waals surface area contributed by atoms with Crippen LogP contribution in [0, 0.1) is 11.8 Å². The van der Waals surface area contributed by atoms with Crippen molar-refractivity contribution in [3.63, 3.8) is 0 Å². The highest BCUT2D eigenvalue weighted by atomic mass is 16.1. The van der Waals surface area contributed by atoms with Gasteiger partial charge in [0.2, 0.25) is 11.8 Å². The first-order chi connectivity index (χ1) is 9.58. The van der Waals surface area contributed by atoms with Crippen LogP contribution in [0.25, 0.3) is 0 Å². The lowest BCUT2D eigenvalue weighted by atomic mass is 9.79. The smallest absolute Gasteiger partial charge is 0.245 e. The SMILES string of the molecule is NCC1CCCC(CN)C1=NC(=O)CCCCC(N)=O. The van der Waals surface area contributed by atoms with Gasteiger partial charge < -0.3 is 17.2 Å². The molecule has 1 aliphatic rings. The Kier molecular flexibility index (Phi) is 7.40. The molecule has 1 rings (SSSR count). The van der Waals surface area contributed by atoms with Gasteiger partial charge in [-0.1, -0.05) is 6.42 Å². The molecule has 1 fully saturated rings. The number of rotatable bonds is 7. The molecule has 0 aromatic heterocycles. The molecule has 6 heteroatoms. The summed E-state index contributed by atoms with van der Waals surface area (Å²) in [4.78, 5) is 26.8. The van der Waals surface area contributed by atoms with Gasteiger partial charge in [0, 0.05) is 43.5 Å². The van der Waals surface area contributed by atoms with Crippen molar-refractivity contribution in [1.29, 1.82) is 0 Å². The average molecular weight is 282 g/mol. The fourth-order valence-electron chi connectivity index (χ4n) is 2.67. The highest BCUT2D eigenvalue weighted by Crippen LogP contribution is 2.26. The number of nitrogens with two attached hydrogens (primary N) is 3. The maximum atomic E-state index is 11.9. The Morgan fingerprint density at radius 3 is 2.10 bits per heavy atom. The van der Waals surface area contributed by atoms with Crippen molar-refractivity contribution in [2.75, 3.05) is 13.1 Å². The highest BCUT2D eigenvalue weighted by molar-refractivity contribution is 5.99. The van der Waals surface area contributed by atoms with Gasteiger partial charge in [-0.3, -0.25) is 9.59 Å². The van der Waals surface area contributed by atoms with Crippen LogP contribution in [0.2, 0.25) is 0 Å². The van der Waals surface area contributed by atoms with Crippen LogP contribution < -0.4 is 17.2 Å². The fraction of sp³-hybridized carbons (Fsp3) is 0.786. The molecular weight excluding hydrogens is 256 g/mol. The van der Waals surface area contributed by atoms with Crippen LogP contribution in [-0.4, -0.2) is 30.6 Å². The van der Waals surface area contributed by atoms with Gasteiger partial charge in [-0.25, -0.2) is 4.99 Å². The topological polar surface area (TPSA) is 125 Å². The molecule has 6 N–H and O–H groups in total. The maximum absolute atomic E-state index is 11.9. The van der Waals surface area contributed by atoms with Crippen molar-refractivity contribution in [3.8, 4) is 0 Å². The Morgan fingerprint density at radius 1 is 1.05 bits per heavy atom. The largest absolute Gasteiger partial charge is 0.370 e. The van der Waals surface area contributed by atoms with Crippen molar-refractivity contribution < 1.29 is 9.59 Å². The van der Waals surface area contributed by atoms with Gasteiger partial charge in [-0.15, -0.1) is 0 Å². The van der Waals surface area contributed by atoms with E-state index < -0.39 is 0 Å².